The molecular weight excluding hydrogens is 142 g/mol. The second-order valence-corrected chi connectivity index (χ2v) is 2.64. The molecule has 0 spiro atoms. The SMILES string of the molecule is O=C(O)[C@H]1NCCC1Cl. The summed E-state index contributed by atoms with van der Waals surface area (Å²) in [6.07, 6.45) is 0.749. The van der Waals surface area contributed by atoms with Crippen molar-refractivity contribution >= 4 is 17.6 Å². The Kier molecular flexibility index (Phi) is 1.93. The minimum absolute atomic E-state index is 0.234. The van der Waals surface area contributed by atoms with Gasteiger partial charge in [0.05, 0.1) is 5.38 Å². The molecule has 0 saturated carbocycles. The van der Waals surface area contributed by atoms with Crippen molar-refractivity contribution in [2.75, 3.05) is 6.54 Å². The number of carbonyl (C=O) groups is 1. The average molecular weight is 150 g/mol. The number of rotatable bonds is 1. The zero-order chi connectivity index (χ0) is 6.85. The van der Waals surface area contributed by atoms with Crippen LogP contribution in [0.5, 0.6) is 0 Å². The molecule has 2 atom stereocenters. The number of carboxylic acids is 1. The highest BCUT2D eigenvalue weighted by Crippen LogP contribution is 2.13. The summed E-state index contributed by atoms with van der Waals surface area (Å²) in [6.45, 7) is 0.713. The fourth-order valence-electron chi connectivity index (χ4n) is 0.913. The molecule has 1 aliphatic rings. The molecule has 0 amide bonds. The summed E-state index contributed by atoms with van der Waals surface area (Å²) in [7, 11) is 0. The van der Waals surface area contributed by atoms with Crippen molar-refractivity contribution < 1.29 is 9.90 Å². The van der Waals surface area contributed by atoms with E-state index >= 15 is 0 Å². The van der Waals surface area contributed by atoms with Crippen LogP contribution in [-0.4, -0.2) is 29.0 Å². The van der Waals surface area contributed by atoms with Crippen LogP contribution in [0, 0.1) is 0 Å². The molecule has 1 heterocycles. The van der Waals surface area contributed by atoms with Crippen LogP contribution >= 0.6 is 11.6 Å². The smallest absolute Gasteiger partial charge is 0.322 e. The van der Waals surface area contributed by atoms with Gasteiger partial charge < -0.3 is 10.4 Å². The van der Waals surface area contributed by atoms with E-state index in [1.54, 1.807) is 0 Å². The predicted molar refractivity (Wildman–Crippen MR) is 33.7 cm³/mol. The van der Waals surface area contributed by atoms with Gasteiger partial charge in [-0.3, -0.25) is 4.79 Å². The van der Waals surface area contributed by atoms with E-state index in [0.717, 1.165) is 6.42 Å². The molecular formula is C5H8ClNO2. The first-order chi connectivity index (χ1) is 4.22. The quantitative estimate of drug-likeness (QED) is 0.518. The van der Waals surface area contributed by atoms with Crippen LogP contribution < -0.4 is 5.32 Å². The van der Waals surface area contributed by atoms with Crippen LogP contribution in [0.2, 0.25) is 0 Å². The van der Waals surface area contributed by atoms with Crippen molar-refractivity contribution in [3.05, 3.63) is 0 Å². The molecule has 0 aromatic heterocycles. The van der Waals surface area contributed by atoms with Crippen LogP contribution in [0.1, 0.15) is 6.42 Å². The molecule has 2 N–H and O–H groups in total. The maximum Gasteiger partial charge on any atom is 0.322 e. The normalized spacial score (nSPS) is 34.8. The number of aliphatic carboxylic acids is 1. The maximum atomic E-state index is 10.3. The lowest BCUT2D eigenvalue weighted by molar-refractivity contribution is -0.138. The van der Waals surface area contributed by atoms with E-state index in [4.69, 9.17) is 16.7 Å². The van der Waals surface area contributed by atoms with Crippen LogP contribution in [-0.2, 0) is 4.79 Å². The fraction of sp³-hybridized carbons (Fsp3) is 0.800. The Balaban J connectivity index is 2.49. The van der Waals surface area contributed by atoms with Gasteiger partial charge in [-0.05, 0) is 13.0 Å². The lowest BCUT2D eigenvalue weighted by Gasteiger charge is -2.05. The molecule has 0 aromatic rings. The minimum atomic E-state index is -0.854. The topological polar surface area (TPSA) is 49.3 Å². The van der Waals surface area contributed by atoms with E-state index in [1.807, 2.05) is 0 Å². The van der Waals surface area contributed by atoms with Crippen molar-refractivity contribution in [1.29, 1.82) is 0 Å². The third-order valence-electron chi connectivity index (χ3n) is 1.41. The van der Waals surface area contributed by atoms with Gasteiger partial charge in [0.25, 0.3) is 0 Å². The summed E-state index contributed by atoms with van der Waals surface area (Å²) in [5, 5.41) is 11.0. The first-order valence-corrected chi connectivity index (χ1v) is 3.25. The maximum absolute atomic E-state index is 10.3. The molecule has 4 heteroatoms. The van der Waals surface area contributed by atoms with Gasteiger partial charge in [0.1, 0.15) is 6.04 Å². The summed E-state index contributed by atoms with van der Waals surface area (Å²) in [5.41, 5.74) is 0. The summed E-state index contributed by atoms with van der Waals surface area (Å²) in [4.78, 5) is 10.3. The van der Waals surface area contributed by atoms with Gasteiger partial charge in [0, 0.05) is 0 Å². The second-order valence-electron chi connectivity index (χ2n) is 2.07. The highest BCUT2D eigenvalue weighted by Gasteiger charge is 2.30. The molecule has 0 bridgehead atoms. The monoisotopic (exact) mass is 149 g/mol. The number of halogens is 1. The third-order valence-corrected chi connectivity index (χ3v) is 1.88. The molecule has 1 aliphatic heterocycles. The molecule has 3 nitrogen and oxygen atoms in total. The Hall–Kier alpha value is -0.280. The molecule has 1 saturated heterocycles. The van der Waals surface area contributed by atoms with E-state index in [9.17, 15) is 4.79 Å². The van der Waals surface area contributed by atoms with Gasteiger partial charge in [-0.15, -0.1) is 11.6 Å². The van der Waals surface area contributed by atoms with Crippen molar-refractivity contribution in [1.82, 2.24) is 5.32 Å². The van der Waals surface area contributed by atoms with Gasteiger partial charge in [-0.1, -0.05) is 0 Å². The van der Waals surface area contributed by atoms with Crippen LogP contribution in [0.25, 0.3) is 0 Å². The summed E-state index contributed by atoms with van der Waals surface area (Å²) >= 11 is 5.63. The molecule has 0 aromatic carbocycles. The molecule has 9 heavy (non-hydrogen) atoms. The highest BCUT2D eigenvalue weighted by atomic mass is 35.5. The van der Waals surface area contributed by atoms with Gasteiger partial charge in [-0.2, -0.15) is 0 Å². The lowest BCUT2D eigenvalue weighted by Crippen LogP contribution is -2.35. The average Bonchev–Trinajstić information content (AvgIpc) is 2.13. The van der Waals surface area contributed by atoms with Crippen LogP contribution in [0.3, 0.4) is 0 Å². The zero-order valence-electron chi connectivity index (χ0n) is 4.80. The predicted octanol–water partition coefficient (Wildman–Crippen LogP) is 0.0403. The standard InChI is InChI=1S/C5H8ClNO2/c6-3-1-2-7-4(3)5(8)9/h3-4,7H,1-2H2,(H,8,9)/t3?,4-/m0/s1. The van der Waals surface area contributed by atoms with Crippen LogP contribution in [0.15, 0.2) is 0 Å². The molecule has 0 radical (unpaired) electrons. The van der Waals surface area contributed by atoms with E-state index in [1.165, 1.54) is 0 Å². The second kappa shape index (κ2) is 2.54. The molecule has 1 fully saturated rings. The summed E-state index contributed by atoms with van der Waals surface area (Å²) in [5.74, 6) is -0.854. The Morgan fingerprint density at radius 3 is 2.67 bits per heavy atom. The van der Waals surface area contributed by atoms with Gasteiger partial charge in [-0.25, -0.2) is 0 Å². The largest absolute Gasteiger partial charge is 0.480 e. The lowest BCUT2D eigenvalue weighted by atomic mass is 10.2. The zero-order valence-corrected chi connectivity index (χ0v) is 5.56. The first kappa shape index (κ1) is 6.83. The van der Waals surface area contributed by atoms with Gasteiger partial charge in [0.2, 0.25) is 0 Å². The van der Waals surface area contributed by atoms with Gasteiger partial charge in [0.15, 0.2) is 0 Å². The molecule has 1 rings (SSSR count). The Labute approximate surface area is 58.0 Å². The number of alkyl halides is 1. The fourth-order valence-corrected chi connectivity index (χ4v) is 1.22. The molecule has 0 aliphatic carbocycles. The summed E-state index contributed by atoms with van der Waals surface area (Å²) in [6, 6.07) is -0.535. The Morgan fingerprint density at radius 2 is 2.44 bits per heavy atom. The van der Waals surface area contributed by atoms with Crippen molar-refractivity contribution in [2.45, 2.75) is 17.8 Å². The number of nitrogens with one attached hydrogen (secondary N) is 1. The van der Waals surface area contributed by atoms with Crippen molar-refractivity contribution in [2.24, 2.45) is 0 Å². The van der Waals surface area contributed by atoms with E-state index in [-0.39, 0.29) is 5.38 Å². The highest BCUT2D eigenvalue weighted by molar-refractivity contribution is 6.22. The van der Waals surface area contributed by atoms with Crippen molar-refractivity contribution in [3.63, 3.8) is 0 Å². The molecule has 1 unspecified atom stereocenters. The minimum Gasteiger partial charge on any atom is -0.480 e. The molecule has 52 valence electrons. The summed E-state index contributed by atoms with van der Waals surface area (Å²) < 4.78 is 0. The third kappa shape index (κ3) is 1.34. The Bertz CT molecular complexity index is 128. The van der Waals surface area contributed by atoms with E-state index < -0.39 is 12.0 Å². The number of hydrogen-bond acceptors (Lipinski definition) is 2. The van der Waals surface area contributed by atoms with Crippen LogP contribution in [0.4, 0.5) is 0 Å². The van der Waals surface area contributed by atoms with E-state index in [0.29, 0.717) is 6.54 Å². The first-order valence-electron chi connectivity index (χ1n) is 2.82. The Morgan fingerprint density at radius 1 is 1.78 bits per heavy atom. The van der Waals surface area contributed by atoms with Gasteiger partial charge >= 0.3 is 5.97 Å². The van der Waals surface area contributed by atoms with Crippen molar-refractivity contribution in [3.8, 4) is 0 Å². The number of hydrogen-bond donors (Lipinski definition) is 2. The number of carboxylic acid groups (broad SMARTS) is 1. The van der Waals surface area contributed by atoms with E-state index in [2.05, 4.69) is 5.32 Å².